The number of fused-ring (bicyclic) bond motifs is 1. The van der Waals surface area contributed by atoms with E-state index in [-0.39, 0.29) is 0 Å². The monoisotopic (exact) mass is 296 g/mol. The highest BCUT2D eigenvalue weighted by Gasteiger charge is 2.28. The van der Waals surface area contributed by atoms with E-state index in [0.29, 0.717) is 12.1 Å². The molecule has 4 nitrogen and oxygen atoms in total. The van der Waals surface area contributed by atoms with Crippen LogP contribution in [0.2, 0.25) is 5.02 Å². The number of hydrogen-bond acceptors (Lipinski definition) is 5. The van der Waals surface area contributed by atoms with Gasteiger partial charge in [-0.25, -0.2) is 0 Å². The third kappa shape index (κ3) is 2.30. The Morgan fingerprint density at radius 3 is 3.11 bits per heavy atom. The van der Waals surface area contributed by atoms with Gasteiger partial charge in [-0.15, -0.1) is 0 Å². The van der Waals surface area contributed by atoms with Crippen molar-refractivity contribution in [3.8, 4) is 0 Å². The van der Waals surface area contributed by atoms with E-state index in [4.69, 9.17) is 11.6 Å². The molecule has 6 heteroatoms. The van der Waals surface area contributed by atoms with E-state index in [2.05, 4.69) is 32.8 Å². The smallest absolute Gasteiger partial charge is 0.129 e. The number of anilines is 1. The molecule has 1 fully saturated rings. The van der Waals surface area contributed by atoms with E-state index in [0.717, 1.165) is 41.3 Å². The number of piperazine rings is 1. The maximum Gasteiger partial charge on any atom is 0.129 e. The molecule has 2 aromatic rings. The fourth-order valence-corrected chi connectivity index (χ4v) is 3.48. The number of benzene rings is 1. The van der Waals surface area contributed by atoms with Gasteiger partial charge in [0.25, 0.3) is 0 Å². The average molecular weight is 297 g/mol. The van der Waals surface area contributed by atoms with Gasteiger partial charge in [-0.05, 0) is 25.5 Å². The highest BCUT2D eigenvalue weighted by molar-refractivity contribution is 7.00. The summed E-state index contributed by atoms with van der Waals surface area (Å²) in [4.78, 5) is 2.40. The normalized spacial score (nSPS) is 24.1. The molecule has 102 valence electrons. The lowest BCUT2D eigenvalue weighted by atomic mass is 10.1. The standard InChI is InChI=1S/C13H17ClN4S/c1-3-9-6-15-8(2)7-18(9)13-10(14)4-5-11-12(13)17-19-16-11/h4-5,8-9,15H,3,6-7H2,1-2H3. The number of hydrogen-bond donors (Lipinski definition) is 1. The summed E-state index contributed by atoms with van der Waals surface area (Å²) in [6.45, 7) is 6.35. The van der Waals surface area contributed by atoms with Crippen LogP contribution in [0.25, 0.3) is 11.0 Å². The van der Waals surface area contributed by atoms with Crippen LogP contribution in [0.1, 0.15) is 20.3 Å². The Morgan fingerprint density at radius 2 is 2.32 bits per heavy atom. The van der Waals surface area contributed by atoms with Crippen molar-refractivity contribution in [3.63, 3.8) is 0 Å². The van der Waals surface area contributed by atoms with Gasteiger partial charge in [-0.1, -0.05) is 18.5 Å². The Hall–Kier alpha value is -0.910. The Morgan fingerprint density at radius 1 is 1.47 bits per heavy atom. The van der Waals surface area contributed by atoms with Gasteiger partial charge in [0.2, 0.25) is 0 Å². The lowest BCUT2D eigenvalue weighted by Crippen LogP contribution is -2.55. The zero-order chi connectivity index (χ0) is 13.4. The SMILES string of the molecule is CCC1CNC(C)CN1c1c(Cl)ccc2nsnc12. The van der Waals surface area contributed by atoms with Crippen LogP contribution in [0.15, 0.2) is 12.1 Å². The van der Waals surface area contributed by atoms with Gasteiger partial charge in [0.1, 0.15) is 11.0 Å². The lowest BCUT2D eigenvalue weighted by Gasteiger charge is -2.41. The largest absolute Gasteiger partial charge is 0.363 e. The molecule has 0 aliphatic carbocycles. The van der Waals surface area contributed by atoms with Crippen molar-refractivity contribution in [1.29, 1.82) is 0 Å². The van der Waals surface area contributed by atoms with E-state index in [1.165, 1.54) is 11.7 Å². The Balaban J connectivity index is 2.10. The Bertz CT molecular complexity index is 585. The number of halogens is 1. The van der Waals surface area contributed by atoms with E-state index in [1.54, 1.807) is 0 Å². The van der Waals surface area contributed by atoms with Crippen LogP contribution in [-0.2, 0) is 0 Å². The second-order valence-electron chi connectivity index (χ2n) is 5.05. The molecular formula is C13H17ClN4S. The number of nitrogens with one attached hydrogen (secondary N) is 1. The maximum atomic E-state index is 6.44. The molecule has 0 radical (unpaired) electrons. The summed E-state index contributed by atoms with van der Waals surface area (Å²) in [6, 6.07) is 4.79. The summed E-state index contributed by atoms with van der Waals surface area (Å²) in [5.41, 5.74) is 2.92. The molecule has 1 aliphatic rings. The number of aromatic nitrogens is 2. The first-order chi connectivity index (χ1) is 9.20. The molecule has 1 N–H and O–H groups in total. The second-order valence-corrected chi connectivity index (χ2v) is 5.99. The summed E-state index contributed by atoms with van der Waals surface area (Å²) in [5, 5.41) is 4.30. The van der Waals surface area contributed by atoms with Gasteiger partial charge >= 0.3 is 0 Å². The molecule has 19 heavy (non-hydrogen) atoms. The van der Waals surface area contributed by atoms with Crippen LogP contribution in [-0.4, -0.2) is 33.9 Å². The van der Waals surface area contributed by atoms with Gasteiger partial charge in [0.15, 0.2) is 0 Å². The maximum absolute atomic E-state index is 6.44. The molecule has 1 saturated heterocycles. The average Bonchev–Trinajstić information content (AvgIpc) is 2.87. The van der Waals surface area contributed by atoms with Crippen molar-refractivity contribution in [1.82, 2.24) is 14.1 Å². The van der Waals surface area contributed by atoms with Gasteiger partial charge in [-0.2, -0.15) is 8.75 Å². The highest BCUT2D eigenvalue weighted by atomic mass is 35.5. The third-order valence-corrected chi connectivity index (χ3v) is 4.57. The van der Waals surface area contributed by atoms with Gasteiger partial charge < -0.3 is 10.2 Å². The Kier molecular flexibility index (Phi) is 3.60. The molecule has 2 heterocycles. The number of rotatable bonds is 2. The van der Waals surface area contributed by atoms with E-state index >= 15 is 0 Å². The quantitative estimate of drug-likeness (QED) is 0.925. The molecule has 0 saturated carbocycles. The van der Waals surface area contributed by atoms with Crippen LogP contribution in [0, 0.1) is 0 Å². The lowest BCUT2D eigenvalue weighted by molar-refractivity contribution is 0.403. The van der Waals surface area contributed by atoms with Crippen molar-refractivity contribution >= 4 is 40.0 Å². The van der Waals surface area contributed by atoms with Crippen LogP contribution in [0.4, 0.5) is 5.69 Å². The third-order valence-electron chi connectivity index (χ3n) is 3.72. The van der Waals surface area contributed by atoms with Crippen LogP contribution in [0.5, 0.6) is 0 Å². The van der Waals surface area contributed by atoms with E-state index < -0.39 is 0 Å². The molecule has 2 unspecified atom stereocenters. The second kappa shape index (κ2) is 5.23. The minimum Gasteiger partial charge on any atom is -0.363 e. The summed E-state index contributed by atoms with van der Waals surface area (Å²) in [5.74, 6) is 0. The van der Waals surface area contributed by atoms with Crippen molar-refractivity contribution in [3.05, 3.63) is 17.2 Å². The minimum absolute atomic E-state index is 0.459. The molecule has 0 bridgehead atoms. The molecule has 1 aromatic heterocycles. The van der Waals surface area contributed by atoms with Crippen LogP contribution < -0.4 is 10.2 Å². The van der Waals surface area contributed by atoms with Crippen molar-refractivity contribution in [2.75, 3.05) is 18.0 Å². The van der Waals surface area contributed by atoms with Gasteiger partial charge in [0, 0.05) is 25.2 Å². The van der Waals surface area contributed by atoms with Crippen molar-refractivity contribution in [2.45, 2.75) is 32.4 Å². The van der Waals surface area contributed by atoms with Crippen molar-refractivity contribution in [2.24, 2.45) is 0 Å². The summed E-state index contributed by atoms with van der Waals surface area (Å²) >= 11 is 7.69. The first-order valence-electron chi connectivity index (χ1n) is 6.61. The zero-order valence-corrected chi connectivity index (χ0v) is 12.6. The first kappa shape index (κ1) is 13.1. The molecule has 3 rings (SSSR count). The minimum atomic E-state index is 0.459. The molecular weight excluding hydrogens is 280 g/mol. The van der Waals surface area contributed by atoms with E-state index in [9.17, 15) is 0 Å². The number of nitrogens with zero attached hydrogens (tertiary/aromatic N) is 3. The fourth-order valence-electron chi connectivity index (χ4n) is 2.68. The van der Waals surface area contributed by atoms with Crippen LogP contribution >= 0.6 is 23.3 Å². The molecule has 0 amide bonds. The van der Waals surface area contributed by atoms with Crippen LogP contribution in [0.3, 0.4) is 0 Å². The summed E-state index contributed by atoms with van der Waals surface area (Å²) < 4.78 is 8.75. The van der Waals surface area contributed by atoms with Crippen molar-refractivity contribution < 1.29 is 0 Å². The summed E-state index contributed by atoms with van der Waals surface area (Å²) in [6.07, 6.45) is 1.09. The zero-order valence-electron chi connectivity index (χ0n) is 11.1. The molecule has 2 atom stereocenters. The molecule has 1 aromatic carbocycles. The van der Waals surface area contributed by atoms with E-state index in [1.807, 2.05) is 12.1 Å². The predicted molar refractivity (Wildman–Crippen MR) is 81.3 cm³/mol. The molecule has 1 aliphatic heterocycles. The Labute approximate surface area is 122 Å². The highest BCUT2D eigenvalue weighted by Crippen LogP contribution is 2.35. The first-order valence-corrected chi connectivity index (χ1v) is 7.72. The fraction of sp³-hybridized carbons (Fsp3) is 0.538. The van der Waals surface area contributed by atoms with Gasteiger partial charge in [0.05, 0.1) is 22.4 Å². The molecule has 0 spiro atoms. The topological polar surface area (TPSA) is 41.0 Å². The summed E-state index contributed by atoms with van der Waals surface area (Å²) in [7, 11) is 0. The van der Waals surface area contributed by atoms with Gasteiger partial charge in [-0.3, -0.25) is 0 Å². The predicted octanol–water partition coefficient (Wildman–Crippen LogP) is 2.92.